The Labute approximate surface area is 88.3 Å². The van der Waals surface area contributed by atoms with E-state index in [1.807, 2.05) is 6.92 Å². The van der Waals surface area contributed by atoms with Gasteiger partial charge in [0.2, 0.25) is 5.95 Å². The number of nitrogens with zero attached hydrogens (tertiary/aromatic N) is 3. The summed E-state index contributed by atoms with van der Waals surface area (Å²) in [6.07, 6.45) is 1.71. The Balaban J connectivity index is 2.28. The molecule has 15 heavy (non-hydrogen) atoms. The molecule has 2 heterocycles. The third kappa shape index (κ3) is 2.06. The van der Waals surface area contributed by atoms with E-state index in [0.29, 0.717) is 11.9 Å². The highest BCUT2D eigenvalue weighted by Gasteiger charge is 2.05. The van der Waals surface area contributed by atoms with E-state index in [9.17, 15) is 0 Å². The van der Waals surface area contributed by atoms with Gasteiger partial charge in [0, 0.05) is 6.54 Å². The predicted octanol–water partition coefficient (Wildman–Crippen LogP) is 1.73. The molecule has 2 aromatic rings. The van der Waals surface area contributed by atoms with Crippen LogP contribution in [0.5, 0.6) is 0 Å². The second-order valence-electron chi connectivity index (χ2n) is 4.04. The number of aromatic nitrogens is 4. The fourth-order valence-corrected chi connectivity index (χ4v) is 1.36. The summed E-state index contributed by atoms with van der Waals surface area (Å²) >= 11 is 0. The number of aromatic amines is 1. The lowest BCUT2D eigenvalue weighted by molar-refractivity contribution is 0.684. The zero-order chi connectivity index (χ0) is 10.8. The summed E-state index contributed by atoms with van der Waals surface area (Å²) in [6, 6.07) is 0. The van der Waals surface area contributed by atoms with E-state index < -0.39 is 0 Å². The van der Waals surface area contributed by atoms with Crippen molar-refractivity contribution in [3.8, 4) is 0 Å². The molecule has 0 aliphatic heterocycles. The molecule has 0 aliphatic carbocycles. The monoisotopic (exact) mass is 205 g/mol. The molecule has 0 saturated carbocycles. The summed E-state index contributed by atoms with van der Waals surface area (Å²) in [5, 5.41) is 10.0. The highest BCUT2D eigenvalue weighted by atomic mass is 15.2. The first-order valence-electron chi connectivity index (χ1n) is 5.08. The minimum atomic E-state index is 0.578. The standard InChI is InChI=1S/C10H15N5/c1-6(2)4-11-10-13-7(3)9-8(14-10)5-12-15-9/h5-6H,4H2,1-3H3,(H,12,15)(H,11,13,14). The van der Waals surface area contributed by atoms with E-state index in [1.165, 1.54) is 0 Å². The SMILES string of the molecule is Cc1nc(NCC(C)C)nc2cn[nH]c12. The van der Waals surface area contributed by atoms with Crippen LogP contribution in [0.15, 0.2) is 6.20 Å². The molecule has 5 heteroatoms. The number of rotatable bonds is 3. The lowest BCUT2D eigenvalue weighted by atomic mass is 10.2. The molecule has 80 valence electrons. The van der Waals surface area contributed by atoms with Gasteiger partial charge in [0.25, 0.3) is 0 Å². The normalized spacial score (nSPS) is 11.2. The van der Waals surface area contributed by atoms with Gasteiger partial charge in [-0.2, -0.15) is 5.10 Å². The highest BCUT2D eigenvalue weighted by molar-refractivity contribution is 5.76. The van der Waals surface area contributed by atoms with Crippen LogP contribution in [-0.4, -0.2) is 26.7 Å². The number of anilines is 1. The van der Waals surface area contributed by atoms with Crippen LogP contribution in [-0.2, 0) is 0 Å². The van der Waals surface area contributed by atoms with Gasteiger partial charge in [-0.3, -0.25) is 5.10 Å². The summed E-state index contributed by atoms with van der Waals surface area (Å²) in [7, 11) is 0. The maximum atomic E-state index is 4.35. The van der Waals surface area contributed by atoms with Gasteiger partial charge in [-0.1, -0.05) is 13.8 Å². The molecule has 2 aromatic heterocycles. The first-order chi connectivity index (χ1) is 7.16. The maximum absolute atomic E-state index is 4.35. The summed E-state index contributed by atoms with van der Waals surface area (Å²) in [4.78, 5) is 8.70. The van der Waals surface area contributed by atoms with Gasteiger partial charge in [-0.05, 0) is 12.8 Å². The average molecular weight is 205 g/mol. The third-order valence-electron chi connectivity index (χ3n) is 2.15. The van der Waals surface area contributed by atoms with Crippen molar-refractivity contribution in [3.05, 3.63) is 11.9 Å². The molecule has 0 amide bonds. The van der Waals surface area contributed by atoms with E-state index in [2.05, 4.69) is 39.3 Å². The molecule has 0 saturated heterocycles. The van der Waals surface area contributed by atoms with Crippen molar-refractivity contribution in [1.82, 2.24) is 20.2 Å². The molecule has 0 spiro atoms. The fraction of sp³-hybridized carbons (Fsp3) is 0.500. The summed E-state index contributed by atoms with van der Waals surface area (Å²) in [5.74, 6) is 1.25. The first-order valence-corrected chi connectivity index (χ1v) is 5.08. The number of hydrogen-bond donors (Lipinski definition) is 2. The van der Waals surface area contributed by atoms with Crippen LogP contribution in [0.1, 0.15) is 19.5 Å². The molecular formula is C10H15N5. The Kier molecular flexibility index (Phi) is 2.53. The largest absolute Gasteiger partial charge is 0.354 e. The molecule has 0 bridgehead atoms. The molecule has 0 unspecified atom stereocenters. The van der Waals surface area contributed by atoms with Crippen LogP contribution in [0.25, 0.3) is 11.0 Å². The van der Waals surface area contributed by atoms with Gasteiger partial charge >= 0.3 is 0 Å². The van der Waals surface area contributed by atoms with Crippen LogP contribution in [0.3, 0.4) is 0 Å². The van der Waals surface area contributed by atoms with Crippen LogP contribution in [0.4, 0.5) is 5.95 Å². The van der Waals surface area contributed by atoms with Gasteiger partial charge in [0.1, 0.15) is 11.0 Å². The van der Waals surface area contributed by atoms with Crippen molar-refractivity contribution >= 4 is 17.0 Å². The molecule has 2 rings (SSSR count). The number of fused-ring (bicyclic) bond motifs is 1. The quantitative estimate of drug-likeness (QED) is 0.800. The summed E-state index contributed by atoms with van der Waals surface area (Å²) in [6.45, 7) is 7.12. The molecule has 0 fully saturated rings. The number of H-pyrrole nitrogens is 1. The van der Waals surface area contributed by atoms with Crippen LogP contribution >= 0.6 is 0 Å². The number of nitrogens with one attached hydrogen (secondary N) is 2. The van der Waals surface area contributed by atoms with Crippen molar-refractivity contribution in [2.24, 2.45) is 5.92 Å². The van der Waals surface area contributed by atoms with Gasteiger partial charge in [0.05, 0.1) is 11.9 Å². The van der Waals surface area contributed by atoms with Crippen molar-refractivity contribution in [2.75, 3.05) is 11.9 Å². The molecule has 5 nitrogen and oxygen atoms in total. The zero-order valence-corrected chi connectivity index (χ0v) is 9.20. The van der Waals surface area contributed by atoms with Gasteiger partial charge in [0.15, 0.2) is 0 Å². The predicted molar refractivity (Wildman–Crippen MR) is 59.7 cm³/mol. The summed E-state index contributed by atoms with van der Waals surface area (Å²) < 4.78 is 0. The van der Waals surface area contributed by atoms with Gasteiger partial charge in [-0.15, -0.1) is 0 Å². The molecular weight excluding hydrogens is 190 g/mol. The smallest absolute Gasteiger partial charge is 0.223 e. The topological polar surface area (TPSA) is 66.5 Å². The lowest BCUT2D eigenvalue weighted by Gasteiger charge is -2.07. The van der Waals surface area contributed by atoms with Gasteiger partial charge < -0.3 is 5.32 Å². The van der Waals surface area contributed by atoms with Gasteiger partial charge in [-0.25, -0.2) is 9.97 Å². The second kappa shape index (κ2) is 3.84. The van der Waals surface area contributed by atoms with Crippen LogP contribution in [0, 0.1) is 12.8 Å². The lowest BCUT2D eigenvalue weighted by Crippen LogP contribution is -2.11. The Morgan fingerprint density at radius 1 is 1.40 bits per heavy atom. The Morgan fingerprint density at radius 3 is 2.93 bits per heavy atom. The number of aryl methyl sites for hydroxylation is 1. The molecule has 0 atom stereocenters. The molecule has 2 N–H and O–H groups in total. The first kappa shape index (κ1) is 9.89. The third-order valence-corrected chi connectivity index (χ3v) is 2.15. The van der Waals surface area contributed by atoms with E-state index in [1.54, 1.807) is 6.20 Å². The Hall–Kier alpha value is -1.65. The highest BCUT2D eigenvalue weighted by Crippen LogP contribution is 2.13. The minimum Gasteiger partial charge on any atom is -0.354 e. The maximum Gasteiger partial charge on any atom is 0.223 e. The van der Waals surface area contributed by atoms with E-state index in [0.717, 1.165) is 23.3 Å². The molecule has 0 radical (unpaired) electrons. The zero-order valence-electron chi connectivity index (χ0n) is 9.20. The van der Waals surface area contributed by atoms with Crippen molar-refractivity contribution in [2.45, 2.75) is 20.8 Å². The van der Waals surface area contributed by atoms with E-state index >= 15 is 0 Å². The van der Waals surface area contributed by atoms with Crippen molar-refractivity contribution in [3.63, 3.8) is 0 Å². The molecule has 0 aliphatic rings. The number of hydrogen-bond acceptors (Lipinski definition) is 4. The summed E-state index contributed by atoms with van der Waals surface area (Å²) in [5.41, 5.74) is 2.68. The van der Waals surface area contributed by atoms with Crippen molar-refractivity contribution in [1.29, 1.82) is 0 Å². The van der Waals surface area contributed by atoms with Crippen LogP contribution < -0.4 is 5.32 Å². The van der Waals surface area contributed by atoms with Crippen LogP contribution in [0.2, 0.25) is 0 Å². The minimum absolute atomic E-state index is 0.578. The average Bonchev–Trinajstić information content (AvgIpc) is 2.63. The fourth-order valence-electron chi connectivity index (χ4n) is 1.36. The Morgan fingerprint density at radius 2 is 2.20 bits per heavy atom. The van der Waals surface area contributed by atoms with E-state index in [-0.39, 0.29) is 0 Å². The van der Waals surface area contributed by atoms with E-state index in [4.69, 9.17) is 0 Å². The molecule has 0 aromatic carbocycles. The Bertz CT molecular complexity index is 460. The second-order valence-corrected chi connectivity index (χ2v) is 4.04. The van der Waals surface area contributed by atoms with Crippen molar-refractivity contribution < 1.29 is 0 Å².